The molecule has 194 valence electrons. The molecule has 1 aliphatic heterocycles. The van der Waals surface area contributed by atoms with Crippen LogP contribution < -0.4 is 0 Å². The van der Waals surface area contributed by atoms with E-state index in [-0.39, 0.29) is 11.6 Å². The second-order valence-corrected chi connectivity index (χ2v) is 13.8. The molecule has 34 heavy (non-hydrogen) atoms. The van der Waals surface area contributed by atoms with Crippen molar-refractivity contribution in [3.05, 3.63) is 12.2 Å². The number of carbonyl (C=O) groups is 1. The molecule has 4 rings (SSSR count). The highest BCUT2D eigenvalue weighted by molar-refractivity contribution is 5.72. The van der Waals surface area contributed by atoms with E-state index in [2.05, 4.69) is 34.3 Å². The van der Waals surface area contributed by atoms with Crippen molar-refractivity contribution in [2.24, 2.45) is 40.4 Å². The summed E-state index contributed by atoms with van der Waals surface area (Å²) >= 11 is 0. The van der Waals surface area contributed by atoms with Crippen molar-refractivity contribution in [3.63, 3.8) is 0 Å². The lowest BCUT2D eigenvalue weighted by Crippen LogP contribution is -2.50. The summed E-state index contributed by atoms with van der Waals surface area (Å²) in [6, 6.07) is 0. The highest BCUT2D eigenvalue weighted by Gasteiger charge is 2.64. The van der Waals surface area contributed by atoms with Gasteiger partial charge in [-0.2, -0.15) is 0 Å². The van der Waals surface area contributed by atoms with E-state index in [1.807, 2.05) is 0 Å². The van der Waals surface area contributed by atoms with Gasteiger partial charge in [0.15, 0.2) is 0 Å². The molecule has 4 fully saturated rings. The summed E-state index contributed by atoms with van der Waals surface area (Å²) in [4.78, 5) is 12.3. The summed E-state index contributed by atoms with van der Waals surface area (Å²) in [6.07, 6.45) is 10.7. The van der Waals surface area contributed by atoms with Gasteiger partial charge in [-0.15, -0.1) is 0 Å². The van der Waals surface area contributed by atoms with Crippen molar-refractivity contribution >= 4 is 5.97 Å². The van der Waals surface area contributed by atoms with Crippen LogP contribution in [0.1, 0.15) is 112 Å². The van der Waals surface area contributed by atoms with E-state index in [4.69, 9.17) is 4.74 Å². The van der Waals surface area contributed by atoms with Crippen molar-refractivity contribution in [2.45, 2.75) is 129 Å². The van der Waals surface area contributed by atoms with Gasteiger partial charge in [0.2, 0.25) is 0 Å². The highest BCUT2D eigenvalue weighted by Crippen LogP contribution is 2.70. The second kappa shape index (κ2) is 8.91. The first-order valence-electron chi connectivity index (χ1n) is 14.0. The molecule has 1 saturated heterocycles. The van der Waals surface area contributed by atoms with E-state index >= 15 is 0 Å². The minimum atomic E-state index is -1.04. The number of hydrogen-bond acceptors (Lipinski definition) is 4. The van der Waals surface area contributed by atoms with Crippen LogP contribution in [0.2, 0.25) is 0 Å². The Kier molecular flexibility index (Phi) is 6.86. The van der Waals surface area contributed by atoms with E-state index in [1.165, 1.54) is 37.7 Å². The van der Waals surface area contributed by atoms with Gasteiger partial charge in [-0.1, -0.05) is 32.9 Å². The molecule has 0 aromatic carbocycles. The Morgan fingerprint density at radius 2 is 1.79 bits per heavy atom. The Balaban J connectivity index is 1.54. The molecule has 1 spiro atoms. The van der Waals surface area contributed by atoms with Crippen molar-refractivity contribution < 1.29 is 19.7 Å². The summed E-state index contributed by atoms with van der Waals surface area (Å²) in [5, 5.41) is 20.6. The number of rotatable bonds is 6. The number of ether oxygens (including phenoxy) is 1. The molecule has 0 aromatic rings. The van der Waals surface area contributed by atoms with Crippen LogP contribution in [-0.2, 0) is 9.53 Å². The molecule has 9 atom stereocenters. The zero-order valence-corrected chi connectivity index (χ0v) is 22.7. The first-order valence-corrected chi connectivity index (χ1v) is 14.0. The third-order valence-electron chi connectivity index (χ3n) is 11.6. The van der Waals surface area contributed by atoms with E-state index in [1.54, 1.807) is 13.8 Å². The average molecular weight is 475 g/mol. The summed E-state index contributed by atoms with van der Waals surface area (Å²) in [7, 11) is 0. The first kappa shape index (κ1) is 26.2. The molecule has 0 aromatic heterocycles. The predicted octanol–water partition coefficient (Wildman–Crippen LogP) is 6.44. The van der Waals surface area contributed by atoms with E-state index in [0.29, 0.717) is 53.3 Å². The third kappa shape index (κ3) is 4.19. The molecule has 2 N–H and O–H groups in total. The number of aliphatic hydroxyl groups is 2. The second-order valence-electron chi connectivity index (χ2n) is 13.8. The standard InChI is InChI=1S/C30H50O4/c1-19(2)22-9-10-24-21(18-30(22)17-14-26(32)34-30)12-15-28(6)23(13-16-29(24,28)7)20(3)8-11-25(31)27(4,5)33/h20-25,31,33H,1,8-18H2,2-7H3/t20-,21-,22+,23?,24-,25-,28-,29+,30-/m1/s1. The molecule has 4 heteroatoms. The molecule has 4 nitrogen and oxygen atoms in total. The molecule has 0 amide bonds. The minimum Gasteiger partial charge on any atom is -0.458 e. The fourth-order valence-electron chi connectivity index (χ4n) is 9.38. The highest BCUT2D eigenvalue weighted by atomic mass is 16.6. The van der Waals surface area contributed by atoms with E-state index in [9.17, 15) is 15.0 Å². The fraction of sp³-hybridized carbons (Fsp3) is 0.900. The SMILES string of the molecule is C=C(C)[C@@H]1CC[C@@H]2[C@H](CC[C@]3(C)C([C@H](C)CC[C@@H](O)C(C)(C)O)CC[C@@]23C)C[C@]12CCC(=O)O2. The number of hydrogen-bond donors (Lipinski definition) is 2. The Labute approximate surface area is 207 Å². The van der Waals surface area contributed by atoms with Gasteiger partial charge in [-0.05, 0) is 119 Å². The Morgan fingerprint density at radius 3 is 2.38 bits per heavy atom. The van der Waals surface area contributed by atoms with Crippen LogP contribution >= 0.6 is 0 Å². The third-order valence-corrected chi connectivity index (χ3v) is 11.6. The maximum absolute atomic E-state index is 12.3. The van der Waals surface area contributed by atoms with Gasteiger partial charge in [0.1, 0.15) is 5.60 Å². The minimum absolute atomic E-state index is 0.0143. The largest absolute Gasteiger partial charge is 0.458 e. The molecular weight excluding hydrogens is 424 g/mol. The maximum Gasteiger partial charge on any atom is 0.306 e. The summed E-state index contributed by atoms with van der Waals surface area (Å²) < 4.78 is 6.16. The molecule has 3 saturated carbocycles. The number of aliphatic hydroxyl groups excluding tert-OH is 1. The zero-order chi connectivity index (χ0) is 25.1. The molecule has 0 bridgehead atoms. The lowest BCUT2D eigenvalue weighted by atomic mass is 9.48. The van der Waals surface area contributed by atoms with Gasteiger partial charge in [-0.3, -0.25) is 4.79 Å². The lowest BCUT2D eigenvalue weighted by Gasteiger charge is -2.57. The zero-order valence-electron chi connectivity index (χ0n) is 22.7. The van der Waals surface area contributed by atoms with Crippen LogP contribution in [0.5, 0.6) is 0 Å². The maximum atomic E-state index is 12.3. The predicted molar refractivity (Wildman–Crippen MR) is 136 cm³/mol. The van der Waals surface area contributed by atoms with Crippen LogP contribution in [0, 0.1) is 40.4 Å². The van der Waals surface area contributed by atoms with E-state index in [0.717, 1.165) is 25.7 Å². The fourth-order valence-corrected chi connectivity index (χ4v) is 9.38. The Hall–Kier alpha value is -0.870. The normalized spacial score (nSPS) is 44.2. The average Bonchev–Trinajstić information content (AvgIpc) is 3.17. The molecule has 1 unspecified atom stereocenters. The molecule has 3 aliphatic carbocycles. The Bertz CT molecular complexity index is 798. The molecule has 0 radical (unpaired) electrons. The molecule has 1 heterocycles. The van der Waals surface area contributed by atoms with Crippen LogP contribution in [-0.4, -0.2) is 33.5 Å². The lowest BCUT2D eigenvalue weighted by molar-refractivity contribution is -0.155. The van der Waals surface area contributed by atoms with Crippen LogP contribution in [0.25, 0.3) is 0 Å². The van der Waals surface area contributed by atoms with Crippen LogP contribution in [0.15, 0.2) is 12.2 Å². The summed E-state index contributed by atoms with van der Waals surface area (Å²) in [5.74, 6) is 2.77. The van der Waals surface area contributed by atoms with Crippen LogP contribution in [0.3, 0.4) is 0 Å². The summed E-state index contributed by atoms with van der Waals surface area (Å²) in [5.41, 5.74) is 0.439. The van der Waals surface area contributed by atoms with E-state index < -0.39 is 11.7 Å². The van der Waals surface area contributed by atoms with Gasteiger partial charge >= 0.3 is 5.97 Å². The molecule has 4 aliphatic rings. The Morgan fingerprint density at radius 1 is 1.12 bits per heavy atom. The van der Waals surface area contributed by atoms with Crippen molar-refractivity contribution in [1.82, 2.24) is 0 Å². The quantitative estimate of drug-likeness (QED) is 0.344. The van der Waals surface area contributed by atoms with Gasteiger partial charge in [-0.25, -0.2) is 0 Å². The monoisotopic (exact) mass is 474 g/mol. The first-order chi connectivity index (χ1) is 15.7. The van der Waals surface area contributed by atoms with Crippen molar-refractivity contribution in [2.75, 3.05) is 0 Å². The van der Waals surface area contributed by atoms with Gasteiger partial charge in [0.25, 0.3) is 0 Å². The topological polar surface area (TPSA) is 66.8 Å². The van der Waals surface area contributed by atoms with Crippen molar-refractivity contribution in [1.29, 1.82) is 0 Å². The van der Waals surface area contributed by atoms with Gasteiger partial charge in [0, 0.05) is 12.3 Å². The molecular formula is C30H50O4. The smallest absolute Gasteiger partial charge is 0.306 e. The number of carbonyl (C=O) groups excluding carboxylic acids is 1. The van der Waals surface area contributed by atoms with Crippen molar-refractivity contribution in [3.8, 4) is 0 Å². The van der Waals surface area contributed by atoms with Gasteiger partial charge in [0.05, 0.1) is 11.7 Å². The van der Waals surface area contributed by atoms with Gasteiger partial charge < -0.3 is 14.9 Å². The van der Waals surface area contributed by atoms with Crippen LogP contribution in [0.4, 0.5) is 0 Å². The number of esters is 1. The number of fused-ring (bicyclic) bond motifs is 3. The summed E-state index contributed by atoms with van der Waals surface area (Å²) in [6.45, 7) is 17.4.